The quantitative estimate of drug-likeness (QED) is 0.634. The van der Waals surface area contributed by atoms with Gasteiger partial charge in [0.05, 0.1) is 6.26 Å². The van der Waals surface area contributed by atoms with E-state index in [4.69, 9.17) is 9.90 Å². The van der Waals surface area contributed by atoms with Gasteiger partial charge in [-0.2, -0.15) is 13.2 Å². The first-order chi connectivity index (χ1) is 7.43. The number of hydrogen-bond acceptors (Lipinski definition) is 4. The number of alkyl halides is 3. The zero-order valence-corrected chi connectivity index (χ0v) is 9.89. The molecule has 0 radical (unpaired) electrons. The number of carbonyl (C=O) groups is 1. The van der Waals surface area contributed by atoms with Crippen LogP contribution >= 0.6 is 0 Å². The average molecular weight is 278 g/mol. The highest BCUT2D eigenvalue weighted by Crippen LogP contribution is 2.13. The summed E-state index contributed by atoms with van der Waals surface area (Å²) in [5.41, 5.74) is 0. The van der Waals surface area contributed by atoms with Crippen LogP contribution in [0.5, 0.6) is 0 Å². The van der Waals surface area contributed by atoms with Crippen LogP contribution in [0.1, 0.15) is 6.92 Å². The van der Waals surface area contributed by atoms with Crippen LogP contribution in [0.25, 0.3) is 0 Å². The van der Waals surface area contributed by atoms with Crippen LogP contribution in [0, 0.1) is 0 Å². The molecule has 0 bridgehead atoms. The van der Waals surface area contributed by atoms with Crippen molar-refractivity contribution >= 4 is 16.0 Å². The van der Waals surface area contributed by atoms with E-state index in [9.17, 15) is 21.6 Å². The van der Waals surface area contributed by atoms with Crippen LogP contribution in [0.2, 0.25) is 0 Å². The fourth-order valence-corrected chi connectivity index (χ4v) is 1.73. The summed E-state index contributed by atoms with van der Waals surface area (Å²) in [6.07, 6.45) is -3.90. The minimum atomic E-state index is -5.08. The zero-order chi connectivity index (χ0) is 13.9. The van der Waals surface area contributed by atoms with Gasteiger partial charge in [0.2, 0.25) is 10.0 Å². The van der Waals surface area contributed by atoms with Gasteiger partial charge in [0.1, 0.15) is 0 Å². The molecule has 10 heteroatoms. The summed E-state index contributed by atoms with van der Waals surface area (Å²) in [6, 6.07) is 0.365. The number of sulfonamides is 1. The summed E-state index contributed by atoms with van der Waals surface area (Å²) in [5.74, 6) is -2.76. The highest BCUT2D eigenvalue weighted by atomic mass is 32.2. The fourth-order valence-electron chi connectivity index (χ4n) is 0.890. The second kappa shape index (κ2) is 5.65. The lowest BCUT2D eigenvalue weighted by Gasteiger charge is -2.35. The summed E-state index contributed by atoms with van der Waals surface area (Å²) in [7, 11) is -3.01. The van der Waals surface area contributed by atoms with E-state index in [0.717, 1.165) is 6.54 Å². The molecule has 1 aliphatic rings. The van der Waals surface area contributed by atoms with Gasteiger partial charge in [-0.1, -0.05) is 0 Å². The van der Waals surface area contributed by atoms with Gasteiger partial charge in [0.25, 0.3) is 0 Å². The molecule has 0 saturated carbocycles. The molecule has 1 rings (SSSR count). The first-order valence-corrected chi connectivity index (χ1v) is 6.33. The third-order valence-corrected chi connectivity index (χ3v) is 2.60. The van der Waals surface area contributed by atoms with Crippen molar-refractivity contribution in [1.82, 2.24) is 10.0 Å². The van der Waals surface area contributed by atoms with Crippen molar-refractivity contribution in [2.45, 2.75) is 25.2 Å². The van der Waals surface area contributed by atoms with Crippen molar-refractivity contribution in [2.24, 2.45) is 0 Å². The Hall–Kier alpha value is -0.870. The van der Waals surface area contributed by atoms with Crippen molar-refractivity contribution in [3.8, 4) is 0 Å². The molecule has 6 nitrogen and oxygen atoms in total. The van der Waals surface area contributed by atoms with Gasteiger partial charge in [-0.05, 0) is 6.92 Å². The molecule has 1 saturated heterocycles. The first-order valence-electron chi connectivity index (χ1n) is 4.44. The van der Waals surface area contributed by atoms with Crippen LogP contribution in [0.15, 0.2) is 0 Å². The molecular formula is C7H13F3N2O4S. The smallest absolute Gasteiger partial charge is 0.475 e. The Morgan fingerprint density at radius 3 is 1.94 bits per heavy atom. The predicted octanol–water partition coefficient (Wildman–Crippen LogP) is -0.471. The minimum Gasteiger partial charge on any atom is -0.475 e. The summed E-state index contributed by atoms with van der Waals surface area (Å²) < 4.78 is 55.5. The van der Waals surface area contributed by atoms with Crippen molar-refractivity contribution in [3.05, 3.63) is 0 Å². The molecule has 2 atom stereocenters. The Kier molecular flexibility index (Phi) is 5.36. The van der Waals surface area contributed by atoms with Crippen molar-refractivity contribution in [2.75, 3.05) is 12.8 Å². The highest BCUT2D eigenvalue weighted by Gasteiger charge is 2.38. The SMILES string of the molecule is C[C@H]1NC[C@@H]1NS(C)(=O)=O.O=C(O)C(F)(F)F. The van der Waals surface area contributed by atoms with Gasteiger partial charge < -0.3 is 10.4 Å². The fraction of sp³-hybridized carbons (Fsp3) is 0.857. The summed E-state index contributed by atoms with van der Waals surface area (Å²) >= 11 is 0. The zero-order valence-electron chi connectivity index (χ0n) is 9.08. The summed E-state index contributed by atoms with van der Waals surface area (Å²) in [4.78, 5) is 8.90. The molecule has 17 heavy (non-hydrogen) atoms. The topological polar surface area (TPSA) is 95.5 Å². The normalized spacial score (nSPS) is 24.3. The first kappa shape index (κ1) is 16.1. The standard InChI is InChI=1S/C5H12N2O2S.C2HF3O2/c1-4-5(3-6-4)7-10(2,8)9;3-2(4,5)1(6)7/h4-7H,3H2,1-2H3;(H,6,7)/t4-,5+;/m1./s1. The predicted molar refractivity (Wildman–Crippen MR) is 52.9 cm³/mol. The molecular weight excluding hydrogens is 265 g/mol. The van der Waals surface area contributed by atoms with Gasteiger partial charge in [-0.3, -0.25) is 0 Å². The molecule has 0 unspecified atom stereocenters. The second-order valence-corrected chi connectivity index (χ2v) is 5.28. The Bertz CT molecular complexity index is 368. The molecule has 0 amide bonds. The van der Waals surface area contributed by atoms with Crippen LogP contribution in [-0.2, 0) is 14.8 Å². The maximum Gasteiger partial charge on any atom is 0.490 e. The summed E-state index contributed by atoms with van der Waals surface area (Å²) in [6.45, 7) is 2.70. The monoisotopic (exact) mass is 278 g/mol. The third-order valence-electron chi connectivity index (χ3n) is 1.87. The van der Waals surface area contributed by atoms with Gasteiger partial charge in [0, 0.05) is 18.6 Å². The van der Waals surface area contributed by atoms with Crippen LogP contribution in [-0.4, -0.2) is 50.6 Å². The number of hydrogen-bond donors (Lipinski definition) is 3. The Morgan fingerprint density at radius 1 is 1.47 bits per heavy atom. The van der Waals surface area contributed by atoms with E-state index in [2.05, 4.69) is 10.0 Å². The van der Waals surface area contributed by atoms with E-state index in [0.29, 0.717) is 0 Å². The number of nitrogens with one attached hydrogen (secondary N) is 2. The van der Waals surface area contributed by atoms with Crippen molar-refractivity contribution in [3.63, 3.8) is 0 Å². The number of aliphatic carboxylic acids is 1. The van der Waals surface area contributed by atoms with Crippen LogP contribution < -0.4 is 10.0 Å². The van der Waals surface area contributed by atoms with Gasteiger partial charge in [0.15, 0.2) is 0 Å². The molecule has 1 fully saturated rings. The highest BCUT2D eigenvalue weighted by molar-refractivity contribution is 7.88. The van der Waals surface area contributed by atoms with E-state index < -0.39 is 22.2 Å². The maximum atomic E-state index is 10.6. The molecule has 102 valence electrons. The van der Waals surface area contributed by atoms with Crippen molar-refractivity contribution < 1.29 is 31.5 Å². The summed E-state index contributed by atoms with van der Waals surface area (Å²) in [5, 5.41) is 10.2. The van der Waals surface area contributed by atoms with E-state index >= 15 is 0 Å². The molecule has 1 heterocycles. The van der Waals surface area contributed by atoms with Crippen LogP contribution in [0.3, 0.4) is 0 Å². The van der Waals surface area contributed by atoms with E-state index in [1.807, 2.05) is 6.92 Å². The third kappa shape index (κ3) is 7.13. The van der Waals surface area contributed by atoms with Crippen molar-refractivity contribution in [1.29, 1.82) is 0 Å². The average Bonchev–Trinajstić information content (AvgIpc) is 2.10. The Morgan fingerprint density at radius 2 is 1.88 bits per heavy atom. The molecule has 3 N–H and O–H groups in total. The lowest BCUT2D eigenvalue weighted by Crippen LogP contribution is -2.63. The molecule has 1 aliphatic heterocycles. The minimum absolute atomic E-state index is 0.0926. The van der Waals surface area contributed by atoms with Crippen LogP contribution in [0.4, 0.5) is 13.2 Å². The number of halogens is 3. The lowest BCUT2D eigenvalue weighted by molar-refractivity contribution is -0.192. The lowest BCUT2D eigenvalue weighted by atomic mass is 10.0. The Labute approximate surface area is 96.2 Å². The van der Waals surface area contributed by atoms with E-state index in [1.54, 1.807) is 0 Å². The molecule has 0 spiro atoms. The van der Waals surface area contributed by atoms with Gasteiger partial charge in [-0.25, -0.2) is 17.9 Å². The van der Waals surface area contributed by atoms with E-state index in [-0.39, 0.29) is 12.1 Å². The van der Waals surface area contributed by atoms with E-state index in [1.165, 1.54) is 6.26 Å². The molecule has 0 aliphatic carbocycles. The van der Waals surface area contributed by atoms with Gasteiger partial charge in [-0.15, -0.1) is 0 Å². The Balaban J connectivity index is 0.000000325. The largest absolute Gasteiger partial charge is 0.490 e. The molecule has 0 aromatic rings. The number of carboxylic acid groups (broad SMARTS) is 1. The second-order valence-electron chi connectivity index (χ2n) is 3.50. The molecule has 0 aromatic carbocycles. The number of rotatable bonds is 2. The van der Waals surface area contributed by atoms with Gasteiger partial charge >= 0.3 is 12.1 Å². The molecule has 0 aromatic heterocycles. The maximum absolute atomic E-state index is 10.6. The number of carboxylic acids is 1.